The number of nitrogens with zero attached hydrogens (tertiary/aromatic N) is 3. The van der Waals surface area contributed by atoms with Crippen molar-refractivity contribution in [2.75, 3.05) is 32.1 Å². The molecule has 0 saturated carbocycles. The van der Waals surface area contributed by atoms with Gasteiger partial charge in [0, 0.05) is 20.6 Å². The molecule has 0 spiro atoms. The molecular weight excluding hydrogens is 330 g/mol. The molecule has 1 aliphatic rings. The second kappa shape index (κ2) is 7.13. The van der Waals surface area contributed by atoms with Crippen LogP contribution in [-0.4, -0.2) is 58.0 Å². The lowest BCUT2D eigenvalue weighted by atomic mass is 10.2. The molecule has 2 amide bonds. The largest absolute Gasteiger partial charge is 0.372 e. The number of carbonyl (C=O) groups is 1. The van der Waals surface area contributed by atoms with Gasteiger partial charge in [-0.05, 0) is 6.42 Å². The van der Waals surface area contributed by atoms with E-state index in [1.54, 1.807) is 0 Å². The van der Waals surface area contributed by atoms with Crippen molar-refractivity contribution in [3.63, 3.8) is 0 Å². The molecule has 2 rings (SSSR count). The Morgan fingerprint density at radius 3 is 2.91 bits per heavy atom. The summed E-state index contributed by atoms with van der Waals surface area (Å²) in [5, 5.41) is 9.96. The van der Waals surface area contributed by atoms with Crippen LogP contribution in [0.2, 0.25) is 0 Å². The molecule has 1 atom stereocenters. The number of ether oxygens (including phenoxy) is 1. The second-order valence-corrected chi connectivity index (χ2v) is 7.38. The van der Waals surface area contributed by atoms with Crippen LogP contribution < -0.4 is 14.9 Å². The molecule has 0 radical (unpaired) electrons. The fraction of sp³-hybridized carbons (Fsp3) is 0.545. The highest BCUT2D eigenvalue weighted by atomic mass is 32.2. The highest BCUT2D eigenvalue weighted by Gasteiger charge is 2.24. The third-order valence-electron chi connectivity index (χ3n) is 2.93. The van der Waals surface area contributed by atoms with Gasteiger partial charge in [0.1, 0.15) is 0 Å². The standard InChI is InChI=1S/C11H17N5O4S2/c1-12-9(17)16(2)10-14-15-11(21-10)22(18,19)13-7-8-5-3-4-6-20-8/h3-4,8,13H,5-7H2,1-2H3,(H,12,17). The molecule has 1 aromatic rings. The molecule has 122 valence electrons. The van der Waals surface area contributed by atoms with Gasteiger partial charge in [-0.25, -0.2) is 17.9 Å². The summed E-state index contributed by atoms with van der Waals surface area (Å²) in [5.74, 6) is 0. The molecule has 1 aromatic heterocycles. The van der Waals surface area contributed by atoms with Crippen molar-refractivity contribution in [2.24, 2.45) is 0 Å². The number of sulfonamides is 1. The molecule has 11 heteroatoms. The molecule has 0 saturated heterocycles. The van der Waals surface area contributed by atoms with Gasteiger partial charge in [0.15, 0.2) is 0 Å². The van der Waals surface area contributed by atoms with E-state index in [1.807, 2.05) is 12.2 Å². The van der Waals surface area contributed by atoms with Crippen LogP contribution in [0.5, 0.6) is 0 Å². The molecule has 22 heavy (non-hydrogen) atoms. The molecule has 0 aliphatic carbocycles. The van der Waals surface area contributed by atoms with E-state index >= 15 is 0 Å². The van der Waals surface area contributed by atoms with E-state index < -0.39 is 16.1 Å². The first-order valence-electron chi connectivity index (χ1n) is 6.49. The number of hydrogen-bond acceptors (Lipinski definition) is 7. The Morgan fingerprint density at radius 2 is 2.27 bits per heavy atom. The topological polar surface area (TPSA) is 114 Å². The van der Waals surface area contributed by atoms with Gasteiger partial charge in [-0.1, -0.05) is 23.5 Å². The van der Waals surface area contributed by atoms with E-state index in [0.29, 0.717) is 13.0 Å². The lowest BCUT2D eigenvalue weighted by Crippen LogP contribution is -2.34. The zero-order valence-electron chi connectivity index (χ0n) is 12.1. The van der Waals surface area contributed by atoms with Gasteiger partial charge in [-0.3, -0.25) is 4.90 Å². The van der Waals surface area contributed by atoms with E-state index in [4.69, 9.17) is 4.74 Å². The summed E-state index contributed by atoms with van der Waals surface area (Å²) in [5.41, 5.74) is 0. The number of amides is 2. The predicted molar refractivity (Wildman–Crippen MR) is 81.5 cm³/mol. The highest BCUT2D eigenvalue weighted by Crippen LogP contribution is 2.22. The smallest absolute Gasteiger partial charge is 0.323 e. The molecule has 2 N–H and O–H groups in total. The zero-order valence-corrected chi connectivity index (χ0v) is 13.8. The average molecular weight is 347 g/mol. The zero-order chi connectivity index (χ0) is 16.2. The van der Waals surface area contributed by atoms with Crippen molar-refractivity contribution in [3.05, 3.63) is 12.2 Å². The van der Waals surface area contributed by atoms with E-state index in [1.165, 1.54) is 19.0 Å². The minimum atomic E-state index is -3.77. The van der Waals surface area contributed by atoms with E-state index in [2.05, 4.69) is 20.2 Å². The average Bonchev–Trinajstić information content (AvgIpc) is 3.03. The number of hydrogen-bond donors (Lipinski definition) is 2. The van der Waals surface area contributed by atoms with Crippen LogP contribution in [0.1, 0.15) is 6.42 Å². The number of urea groups is 1. The Morgan fingerprint density at radius 1 is 1.50 bits per heavy atom. The molecule has 0 aromatic carbocycles. The number of carbonyl (C=O) groups excluding carboxylic acids is 1. The van der Waals surface area contributed by atoms with Crippen LogP contribution in [0, 0.1) is 0 Å². The Balaban J connectivity index is 2.02. The van der Waals surface area contributed by atoms with Crippen molar-refractivity contribution >= 4 is 32.5 Å². The summed E-state index contributed by atoms with van der Waals surface area (Å²) in [7, 11) is -0.825. The molecule has 9 nitrogen and oxygen atoms in total. The van der Waals surface area contributed by atoms with E-state index in [0.717, 1.165) is 11.3 Å². The van der Waals surface area contributed by atoms with Crippen LogP contribution in [0.25, 0.3) is 0 Å². The number of rotatable bonds is 5. The van der Waals surface area contributed by atoms with Crippen LogP contribution in [0.4, 0.5) is 9.93 Å². The molecule has 1 aliphatic heterocycles. The van der Waals surface area contributed by atoms with Crippen molar-refractivity contribution in [3.8, 4) is 0 Å². The van der Waals surface area contributed by atoms with E-state index in [-0.39, 0.29) is 22.1 Å². The van der Waals surface area contributed by atoms with Gasteiger partial charge >= 0.3 is 6.03 Å². The predicted octanol–water partition coefficient (Wildman–Crippen LogP) is -0.0629. The second-order valence-electron chi connectivity index (χ2n) is 4.48. The van der Waals surface area contributed by atoms with Gasteiger partial charge in [-0.15, -0.1) is 10.2 Å². The van der Waals surface area contributed by atoms with E-state index in [9.17, 15) is 13.2 Å². The maximum Gasteiger partial charge on any atom is 0.323 e. The van der Waals surface area contributed by atoms with Gasteiger partial charge < -0.3 is 10.1 Å². The fourth-order valence-corrected chi connectivity index (χ4v) is 3.74. The van der Waals surface area contributed by atoms with Crippen molar-refractivity contribution < 1.29 is 17.9 Å². The molecule has 1 unspecified atom stereocenters. The Hall–Kier alpha value is -1.56. The number of aromatic nitrogens is 2. The van der Waals surface area contributed by atoms with Crippen LogP contribution in [0.3, 0.4) is 0 Å². The quantitative estimate of drug-likeness (QED) is 0.570. The summed E-state index contributed by atoms with van der Waals surface area (Å²) >= 11 is 0.816. The van der Waals surface area contributed by atoms with Crippen LogP contribution in [-0.2, 0) is 14.8 Å². The summed E-state index contributed by atoms with van der Waals surface area (Å²) in [4.78, 5) is 12.7. The maximum atomic E-state index is 12.2. The summed E-state index contributed by atoms with van der Waals surface area (Å²) < 4.78 is 32.0. The normalized spacial score (nSPS) is 18.2. The Labute approximate surface area is 132 Å². The van der Waals surface area contributed by atoms with Crippen molar-refractivity contribution in [2.45, 2.75) is 16.9 Å². The summed E-state index contributed by atoms with van der Waals surface area (Å²) in [6, 6.07) is -0.407. The van der Waals surface area contributed by atoms with Crippen molar-refractivity contribution in [1.29, 1.82) is 0 Å². The first kappa shape index (κ1) is 16.8. The summed E-state index contributed by atoms with van der Waals surface area (Å²) in [6.45, 7) is 0.638. The molecule has 2 heterocycles. The van der Waals surface area contributed by atoms with Crippen molar-refractivity contribution in [1.82, 2.24) is 20.2 Å². The third kappa shape index (κ3) is 4.00. The van der Waals surface area contributed by atoms with Gasteiger partial charge in [0.2, 0.25) is 9.47 Å². The first-order valence-corrected chi connectivity index (χ1v) is 8.79. The van der Waals surface area contributed by atoms with Crippen LogP contribution in [0.15, 0.2) is 16.5 Å². The molecular formula is C11H17N5O4S2. The SMILES string of the molecule is CNC(=O)N(C)c1nnc(S(=O)(=O)NCC2CC=CCO2)s1. The third-order valence-corrected chi connectivity index (χ3v) is 5.72. The highest BCUT2D eigenvalue weighted by molar-refractivity contribution is 7.91. The molecule has 0 fully saturated rings. The minimum Gasteiger partial charge on any atom is -0.372 e. The molecule has 0 bridgehead atoms. The number of anilines is 1. The fourth-order valence-electron chi connectivity index (χ4n) is 1.68. The van der Waals surface area contributed by atoms with Gasteiger partial charge in [-0.2, -0.15) is 0 Å². The maximum absolute atomic E-state index is 12.2. The minimum absolute atomic E-state index is 0.160. The lowest BCUT2D eigenvalue weighted by Gasteiger charge is -2.18. The van der Waals surface area contributed by atoms with Gasteiger partial charge in [0.25, 0.3) is 10.0 Å². The van der Waals surface area contributed by atoms with Gasteiger partial charge in [0.05, 0.1) is 12.7 Å². The Kier molecular flexibility index (Phi) is 5.45. The lowest BCUT2D eigenvalue weighted by molar-refractivity contribution is 0.0717. The Bertz CT molecular complexity index is 657. The monoisotopic (exact) mass is 347 g/mol. The first-order chi connectivity index (χ1) is 10.4. The van der Waals surface area contributed by atoms with Crippen LogP contribution >= 0.6 is 11.3 Å². The number of nitrogens with one attached hydrogen (secondary N) is 2. The summed E-state index contributed by atoms with van der Waals surface area (Å²) in [6.07, 6.45) is 4.30.